The Hall–Kier alpha value is -2.88. The van der Waals surface area contributed by atoms with Gasteiger partial charge in [0, 0.05) is 28.2 Å². The second kappa shape index (κ2) is 7.75. The van der Waals surface area contributed by atoms with Gasteiger partial charge in [0.1, 0.15) is 0 Å². The van der Waals surface area contributed by atoms with Gasteiger partial charge in [0.05, 0.1) is 21.8 Å². The van der Waals surface area contributed by atoms with Crippen LogP contribution in [0.15, 0.2) is 72.8 Å². The molecule has 1 aliphatic heterocycles. The maximum atomic E-state index is 13.7. The van der Waals surface area contributed by atoms with Gasteiger partial charge in [0.15, 0.2) is 0 Å². The normalized spacial score (nSPS) is 13.3. The molecule has 0 aliphatic carbocycles. The van der Waals surface area contributed by atoms with E-state index < -0.39 is 0 Å². The summed E-state index contributed by atoms with van der Waals surface area (Å²) >= 11 is 12.5. The fourth-order valence-electron chi connectivity index (χ4n) is 4.08. The number of fused-ring (bicyclic) bond motifs is 2. The number of anilines is 1. The number of hydrogen-bond donors (Lipinski definition) is 0. The lowest BCUT2D eigenvalue weighted by Crippen LogP contribution is -2.35. The van der Waals surface area contributed by atoms with Crippen LogP contribution < -0.4 is 4.90 Å². The number of rotatable bonds is 2. The number of aromatic nitrogens is 1. The molecular formula is C25H18Cl2N2O. The second-order valence-electron chi connectivity index (χ2n) is 7.39. The fourth-order valence-corrected chi connectivity index (χ4v) is 4.58. The average Bonchev–Trinajstić information content (AvgIpc) is 2.77. The zero-order chi connectivity index (χ0) is 20.7. The highest BCUT2D eigenvalue weighted by Crippen LogP contribution is 2.34. The molecule has 3 nitrogen and oxygen atoms in total. The molecule has 148 valence electrons. The lowest BCUT2D eigenvalue weighted by atomic mass is 9.99. The molecule has 5 heteroatoms. The van der Waals surface area contributed by atoms with Crippen LogP contribution in [0.3, 0.4) is 0 Å². The molecule has 1 amide bonds. The van der Waals surface area contributed by atoms with Gasteiger partial charge < -0.3 is 4.90 Å². The van der Waals surface area contributed by atoms with E-state index in [-0.39, 0.29) is 5.91 Å². The number of carbonyl (C=O) groups is 1. The number of halogens is 2. The summed E-state index contributed by atoms with van der Waals surface area (Å²) in [6, 6.07) is 23.0. The van der Waals surface area contributed by atoms with Crippen molar-refractivity contribution in [2.24, 2.45) is 0 Å². The van der Waals surface area contributed by atoms with Crippen molar-refractivity contribution in [3.63, 3.8) is 0 Å². The van der Waals surface area contributed by atoms with Crippen LogP contribution in [0, 0.1) is 0 Å². The van der Waals surface area contributed by atoms with E-state index in [0.717, 1.165) is 35.0 Å². The molecule has 3 aromatic carbocycles. The van der Waals surface area contributed by atoms with E-state index in [1.165, 1.54) is 5.56 Å². The zero-order valence-electron chi connectivity index (χ0n) is 16.1. The Kier molecular flexibility index (Phi) is 4.93. The van der Waals surface area contributed by atoms with E-state index in [4.69, 9.17) is 28.2 Å². The molecule has 0 bridgehead atoms. The summed E-state index contributed by atoms with van der Waals surface area (Å²) in [6.45, 7) is 0.698. The van der Waals surface area contributed by atoms with Gasteiger partial charge in [-0.2, -0.15) is 0 Å². The minimum atomic E-state index is -0.0212. The van der Waals surface area contributed by atoms with Crippen molar-refractivity contribution in [2.75, 3.05) is 11.4 Å². The summed E-state index contributed by atoms with van der Waals surface area (Å²) in [5.41, 5.74) is 4.98. The summed E-state index contributed by atoms with van der Waals surface area (Å²) < 4.78 is 0. The molecule has 0 saturated carbocycles. The lowest BCUT2D eigenvalue weighted by Gasteiger charge is -2.30. The third-order valence-corrected chi connectivity index (χ3v) is 6.06. The van der Waals surface area contributed by atoms with Gasteiger partial charge in [-0.25, -0.2) is 4.98 Å². The zero-order valence-corrected chi connectivity index (χ0v) is 17.6. The van der Waals surface area contributed by atoms with Gasteiger partial charge in [-0.05, 0) is 54.8 Å². The smallest absolute Gasteiger partial charge is 0.259 e. The highest BCUT2D eigenvalue weighted by atomic mass is 35.5. The van der Waals surface area contributed by atoms with Gasteiger partial charge in [-0.3, -0.25) is 4.79 Å². The predicted octanol–water partition coefficient (Wildman–Crippen LogP) is 6.80. The quantitative estimate of drug-likeness (QED) is 0.348. The first-order valence-electron chi connectivity index (χ1n) is 9.87. The number of pyridine rings is 1. The monoisotopic (exact) mass is 432 g/mol. The number of benzene rings is 3. The van der Waals surface area contributed by atoms with E-state index in [1.54, 1.807) is 12.1 Å². The van der Waals surface area contributed by atoms with E-state index in [2.05, 4.69) is 6.07 Å². The number of amides is 1. The van der Waals surface area contributed by atoms with Crippen LogP contribution in [-0.2, 0) is 6.42 Å². The Bertz CT molecular complexity index is 1290. The van der Waals surface area contributed by atoms with E-state index in [9.17, 15) is 4.79 Å². The van der Waals surface area contributed by atoms with Crippen molar-refractivity contribution in [1.82, 2.24) is 4.98 Å². The first kappa shape index (κ1) is 19.1. The van der Waals surface area contributed by atoms with Gasteiger partial charge in [-0.15, -0.1) is 0 Å². The molecular weight excluding hydrogens is 415 g/mol. The number of carbonyl (C=O) groups excluding carboxylic acids is 1. The molecule has 0 fully saturated rings. The first-order chi connectivity index (χ1) is 14.6. The van der Waals surface area contributed by atoms with Crippen LogP contribution in [0.25, 0.3) is 22.2 Å². The molecule has 0 atom stereocenters. The Morgan fingerprint density at radius 3 is 2.60 bits per heavy atom. The molecule has 0 spiro atoms. The van der Waals surface area contributed by atoms with Crippen molar-refractivity contribution >= 4 is 45.7 Å². The van der Waals surface area contributed by atoms with Crippen molar-refractivity contribution in [3.8, 4) is 11.3 Å². The van der Waals surface area contributed by atoms with Crippen LogP contribution in [0.2, 0.25) is 10.0 Å². The van der Waals surface area contributed by atoms with Crippen molar-refractivity contribution in [2.45, 2.75) is 12.8 Å². The average molecular weight is 433 g/mol. The van der Waals surface area contributed by atoms with E-state index >= 15 is 0 Å². The Labute approximate surface area is 184 Å². The largest absolute Gasteiger partial charge is 0.308 e. The summed E-state index contributed by atoms with van der Waals surface area (Å²) in [6.07, 6.45) is 1.93. The van der Waals surface area contributed by atoms with Crippen LogP contribution in [-0.4, -0.2) is 17.4 Å². The first-order valence-corrected chi connectivity index (χ1v) is 10.6. The predicted molar refractivity (Wildman–Crippen MR) is 124 cm³/mol. The molecule has 2 heterocycles. The SMILES string of the molecule is O=C(c1cc(-c2ccc(Cl)cc2Cl)nc2ccccc12)N1CCCc2ccccc21. The second-order valence-corrected chi connectivity index (χ2v) is 8.23. The van der Waals surface area contributed by atoms with Gasteiger partial charge in [0.2, 0.25) is 0 Å². The number of nitrogens with zero attached hydrogens (tertiary/aromatic N) is 2. The summed E-state index contributed by atoms with van der Waals surface area (Å²) in [5.74, 6) is -0.0212. The number of hydrogen-bond acceptors (Lipinski definition) is 2. The van der Waals surface area contributed by atoms with Crippen LogP contribution >= 0.6 is 23.2 Å². The Morgan fingerprint density at radius 2 is 1.73 bits per heavy atom. The van der Waals surface area contributed by atoms with Crippen LogP contribution in [0.5, 0.6) is 0 Å². The standard InChI is InChI=1S/C25H18Cl2N2O/c26-17-11-12-19(21(27)14-17)23-15-20(18-8-2-3-9-22(18)28-23)25(30)29-13-5-7-16-6-1-4-10-24(16)29/h1-4,6,8-12,14-15H,5,7,13H2. The molecule has 0 unspecified atom stereocenters. The molecule has 5 rings (SSSR count). The minimum absolute atomic E-state index is 0.0212. The molecule has 0 N–H and O–H groups in total. The summed E-state index contributed by atoms with van der Waals surface area (Å²) in [7, 11) is 0. The third-order valence-electron chi connectivity index (χ3n) is 5.51. The van der Waals surface area contributed by atoms with Crippen LogP contribution in [0.4, 0.5) is 5.69 Å². The maximum Gasteiger partial charge on any atom is 0.259 e. The van der Waals surface area contributed by atoms with Gasteiger partial charge >= 0.3 is 0 Å². The van der Waals surface area contributed by atoms with Crippen LogP contribution in [0.1, 0.15) is 22.3 Å². The van der Waals surface area contributed by atoms with E-state index in [0.29, 0.717) is 27.8 Å². The molecule has 0 saturated heterocycles. The van der Waals surface area contributed by atoms with Crippen molar-refractivity contribution in [1.29, 1.82) is 0 Å². The highest BCUT2D eigenvalue weighted by molar-refractivity contribution is 6.36. The molecule has 30 heavy (non-hydrogen) atoms. The number of aryl methyl sites for hydroxylation is 1. The molecule has 1 aromatic heterocycles. The topological polar surface area (TPSA) is 33.2 Å². The Balaban J connectivity index is 1.68. The third kappa shape index (κ3) is 3.34. The number of para-hydroxylation sites is 2. The fraction of sp³-hybridized carbons (Fsp3) is 0.120. The van der Waals surface area contributed by atoms with E-state index in [1.807, 2.05) is 59.5 Å². The molecule has 4 aromatic rings. The lowest BCUT2D eigenvalue weighted by molar-refractivity contribution is 0.0986. The minimum Gasteiger partial charge on any atom is -0.308 e. The van der Waals surface area contributed by atoms with Crippen molar-refractivity contribution in [3.05, 3.63) is 94.0 Å². The summed E-state index contributed by atoms with van der Waals surface area (Å²) in [4.78, 5) is 20.4. The van der Waals surface area contributed by atoms with Gasteiger partial charge in [-0.1, -0.05) is 59.6 Å². The molecule has 1 aliphatic rings. The Morgan fingerprint density at radius 1 is 0.933 bits per heavy atom. The van der Waals surface area contributed by atoms with Gasteiger partial charge in [0.25, 0.3) is 5.91 Å². The van der Waals surface area contributed by atoms with Crippen molar-refractivity contribution < 1.29 is 4.79 Å². The molecule has 0 radical (unpaired) electrons. The highest BCUT2D eigenvalue weighted by Gasteiger charge is 2.25. The maximum absolute atomic E-state index is 13.7. The summed E-state index contributed by atoms with van der Waals surface area (Å²) in [5, 5.41) is 1.90.